The molecule has 0 aliphatic rings. The smallest absolute Gasteiger partial charge is 0.230 e. The lowest BCUT2D eigenvalue weighted by molar-refractivity contribution is -0.115. The molecule has 0 saturated heterocycles. The van der Waals surface area contributed by atoms with Gasteiger partial charge in [0.15, 0.2) is 11.5 Å². The van der Waals surface area contributed by atoms with E-state index in [4.69, 9.17) is 0 Å². The van der Waals surface area contributed by atoms with Crippen molar-refractivity contribution in [3.63, 3.8) is 0 Å². The molecule has 10 heteroatoms. The Balaban J connectivity index is 1.50. The molecule has 0 bridgehead atoms. The number of halogens is 2. The Bertz CT molecular complexity index is 1470. The monoisotopic (exact) mass is 445 g/mol. The van der Waals surface area contributed by atoms with Crippen molar-refractivity contribution in [1.29, 1.82) is 0 Å². The summed E-state index contributed by atoms with van der Waals surface area (Å²) in [5.41, 5.74) is 3.50. The van der Waals surface area contributed by atoms with Gasteiger partial charge in [0.05, 0.1) is 17.8 Å². The van der Waals surface area contributed by atoms with Gasteiger partial charge in [0.25, 0.3) is 0 Å². The van der Waals surface area contributed by atoms with Crippen molar-refractivity contribution in [2.45, 2.75) is 13.3 Å². The lowest BCUT2D eigenvalue weighted by Gasteiger charge is -2.07. The Kier molecular flexibility index (Phi) is 5.09. The lowest BCUT2D eigenvalue weighted by atomic mass is 10.1. The lowest BCUT2D eigenvalue weighted by Crippen LogP contribution is -2.15. The van der Waals surface area contributed by atoms with Crippen molar-refractivity contribution in [1.82, 2.24) is 29.4 Å². The van der Waals surface area contributed by atoms with Gasteiger partial charge in [-0.3, -0.25) is 4.79 Å². The summed E-state index contributed by atoms with van der Waals surface area (Å²) in [7, 11) is 0. The van der Waals surface area contributed by atoms with Gasteiger partial charge in [-0.05, 0) is 49.4 Å². The van der Waals surface area contributed by atoms with E-state index < -0.39 is 17.5 Å². The van der Waals surface area contributed by atoms with E-state index in [0.29, 0.717) is 22.9 Å². The second-order valence-electron chi connectivity index (χ2n) is 7.43. The second-order valence-corrected chi connectivity index (χ2v) is 7.43. The molecule has 8 nitrogen and oxygen atoms in total. The summed E-state index contributed by atoms with van der Waals surface area (Å²) < 4.78 is 30.2. The number of anilines is 1. The fourth-order valence-corrected chi connectivity index (χ4v) is 3.51. The van der Waals surface area contributed by atoms with E-state index in [-0.39, 0.29) is 12.1 Å². The number of carbonyl (C=O) groups excluding carboxylic acids is 1. The van der Waals surface area contributed by atoms with E-state index in [1.807, 2.05) is 43.5 Å². The molecule has 0 unspecified atom stereocenters. The number of amides is 1. The zero-order chi connectivity index (χ0) is 22.9. The summed E-state index contributed by atoms with van der Waals surface area (Å²) in [6.45, 7) is 1.88. The first-order valence-electron chi connectivity index (χ1n) is 10.0. The SMILES string of the molecule is Cc1cccc(-n2nc(CC(=O)Nc3cc(F)cc(F)c3)cc2-c2ccc3ncnn3c2)n1. The molecule has 0 aliphatic heterocycles. The fourth-order valence-electron chi connectivity index (χ4n) is 3.51. The molecule has 0 atom stereocenters. The Labute approximate surface area is 186 Å². The molecule has 0 aliphatic carbocycles. The van der Waals surface area contributed by atoms with Crippen molar-refractivity contribution in [3.05, 3.63) is 90.1 Å². The molecule has 1 N–H and O–H groups in total. The minimum atomic E-state index is -0.772. The molecule has 0 spiro atoms. The highest BCUT2D eigenvalue weighted by Gasteiger charge is 2.16. The van der Waals surface area contributed by atoms with E-state index in [1.54, 1.807) is 15.3 Å². The van der Waals surface area contributed by atoms with Crippen LogP contribution in [0, 0.1) is 18.6 Å². The first-order valence-corrected chi connectivity index (χ1v) is 10.0. The largest absolute Gasteiger partial charge is 0.326 e. The van der Waals surface area contributed by atoms with Gasteiger partial charge in [-0.25, -0.2) is 27.9 Å². The molecule has 33 heavy (non-hydrogen) atoms. The van der Waals surface area contributed by atoms with Crippen LogP contribution in [0.2, 0.25) is 0 Å². The topological polar surface area (TPSA) is 90.0 Å². The van der Waals surface area contributed by atoms with Gasteiger partial charge in [-0.2, -0.15) is 10.2 Å². The Hall–Kier alpha value is -4.47. The fraction of sp³-hybridized carbons (Fsp3) is 0.0870. The van der Waals surface area contributed by atoms with Crippen LogP contribution in [-0.2, 0) is 11.2 Å². The molecule has 1 aromatic carbocycles. The second kappa shape index (κ2) is 8.23. The first kappa shape index (κ1) is 20.4. The third kappa shape index (κ3) is 4.31. The van der Waals surface area contributed by atoms with Gasteiger partial charge in [-0.15, -0.1) is 0 Å². The van der Waals surface area contributed by atoms with Crippen LogP contribution < -0.4 is 5.32 Å². The number of aromatic nitrogens is 6. The Morgan fingerprint density at radius 2 is 1.88 bits per heavy atom. The maximum absolute atomic E-state index is 13.4. The quantitative estimate of drug-likeness (QED) is 0.445. The zero-order valence-electron chi connectivity index (χ0n) is 17.4. The van der Waals surface area contributed by atoms with Crippen molar-refractivity contribution < 1.29 is 13.6 Å². The van der Waals surface area contributed by atoms with E-state index in [0.717, 1.165) is 29.5 Å². The molecule has 0 saturated carbocycles. The molecule has 0 fully saturated rings. The van der Waals surface area contributed by atoms with Gasteiger partial charge in [0.1, 0.15) is 18.0 Å². The van der Waals surface area contributed by atoms with E-state index in [1.165, 1.54) is 6.33 Å². The predicted octanol–water partition coefficient (Wildman–Crippen LogP) is 3.74. The van der Waals surface area contributed by atoms with Gasteiger partial charge in [0.2, 0.25) is 5.91 Å². The van der Waals surface area contributed by atoms with E-state index in [9.17, 15) is 13.6 Å². The van der Waals surface area contributed by atoms with Crippen molar-refractivity contribution in [2.24, 2.45) is 0 Å². The van der Waals surface area contributed by atoms with Gasteiger partial charge < -0.3 is 5.32 Å². The maximum atomic E-state index is 13.4. The van der Waals surface area contributed by atoms with Crippen LogP contribution >= 0.6 is 0 Å². The molecular weight excluding hydrogens is 428 g/mol. The summed E-state index contributed by atoms with van der Waals surface area (Å²) in [5.74, 6) is -1.42. The van der Waals surface area contributed by atoms with Crippen LogP contribution in [0.5, 0.6) is 0 Å². The van der Waals surface area contributed by atoms with Crippen LogP contribution in [0.4, 0.5) is 14.5 Å². The Morgan fingerprint density at radius 3 is 2.67 bits per heavy atom. The van der Waals surface area contributed by atoms with Gasteiger partial charge in [0, 0.05) is 29.2 Å². The molecular formula is C23H17F2N7O. The number of hydrogen-bond acceptors (Lipinski definition) is 5. The summed E-state index contributed by atoms with van der Waals surface area (Å²) in [4.78, 5) is 21.2. The highest BCUT2D eigenvalue weighted by Crippen LogP contribution is 2.24. The number of carbonyl (C=O) groups is 1. The molecule has 164 valence electrons. The van der Waals surface area contributed by atoms with Crippen molar-refractivity contribution >= 4 is 17.2 Å². The number of nitrogens with one attached hydrogen (secondary N) is 1. The molecule has 5 aromatic rings. The molecule has 4 aromatic heterocycles. The van der Waals surface area contributed by atoms with Crippen LogP contribution in [0.25, 0.3) is 22.7 Å². The number of rotatable bonds is 5. The maximum Gasteiger partial charge on any atom is 0.230 e. The Morgan fingerprint density at radius 1 is 1.06 bits per heavy atom. The average molecular weight is 445 g/mol. The number of aryl methyl sites for hydroxylation is 1. The van der Waals surface area contributed by atoms with E-state index in [2.05, 4.69) is 25.5 Å². The minimum absolute atomic E-state index is 0.0362. The number of hydrogen-bond donors (Lipinski definition) is 1. The highest BCUT2D eigenvalue weighted by molar-refractivity contribution is 5.92. The number of pyridine rings is 2. The molecule has 4 heterocycles. The van der Waals surface area contributed by atoms with Gasteiger partial charge in [-0.1, -0.05) is 6.07 Å². The standard InChI is InChI=1S/C23H17F2N7O/c1-14-3-2-4-22(28-14)32-20(15-5-6-21-26-13-27-31(21)12-15)10-19(30-32)11-23(33)29-18-8-16(24)7-17(25)9-18/h2-10,12-13H,11H2,1H3,(H,29,33). The number of benzene rings is 1. The average Bonchev–Trinajstić information content (AvgIpc) is 3.39. The summed E-state index contributed by atoms with van der Waals surface area (Å²) in [5, 5.41) is 11.3. The summed E-state index contributed by atoms with van der Waals surface area (Å²) in [6, 6.07) is 13.9. The summed E-state index contributed by atoms with van der Waals surface area (Å²) in [6.07, 6.45) is 3.17. The van der Waals surface area contributed by atoms with Crippen molar-refractivity contribution in [3.8, 4) is 17.1 Å². The van der Waals surface area contributed by atoms with Crippen molar-refractivity contribution in [2.75, 3.05) is 5.32 Å². The van der Waals surface area contributed by atoms with Crippen LogP contribution in [-0.4, -0.2) is 35.3 Å². The van der Waals surface area contributed by atoms with Gasteiger partial charge >= 0.3 is 0 Å². The first-order chi connectivity index (χ1) is 15.9. The van der Waals surface area contributed by atoms with Crippen LogP contribution in [0.15, 0.2) is 67.1 Å². The molecule has 1 amide bonds. The highest BCUT2D eigenvalue weighted by atomic mass is 19.1. The number of fused-ring (bicyclic) bond motifs is 1. The third-order valence-electron chi connectivity index (χ3n) is 4.91. The minimum Gasteiger partial charge on any atom is -0.326 e. The third-order valence-corrected chi connectivity index (χ3v) is 4.91. The molecule has 5 rings (SSSR count). The predicted molar refractivity (Wildman–Crippen MR) is 117 cm³/mol. The van der Waals surface area contributed by atoms with Crippen LogP contribution in [0.1, 0.15) is 11.4 Å². The zero-order valence-corrected chi connectivity index (χ0v) is 17.4. The molecule has 0 radical (unpaired) electrons. The normalized spacial score (nSPS) is 11.1. The summed E-state index contributed by atoms with van der Waals surface area (Å²) >= 11 is 0. The van der Waals surface area contributed by atoms with E-state index >= 15 is 0 Å². The number of nitrogens with zero attached hydrogens (tertiary/aromatic N) is 6. The van der Waals surface area contributed by atoms with Crippen LogP contribution in [0.3, 0.4) is 0 Å².